The second kappa shape index (κ2) is 4.15. The zero-order chi connectivity index (χ0) is 12.6. The van der Waals surface area contributed by atoms with Crippen LogP contribution in [0.4, 0.5) is 4.39 Å². The molecule has 2 N–H and O–H groups in total. The Balaban J connectivity index is 2.34. The molecule has 92 valence electrons. The summed E-state index contributed by atoms with van der Waals surface area (Å²) in [5.74, 6) is 0.316. The summed E-state index contributed by atoms with van der Waals surface area (Å²) in [6, 6.07) is 6.53. The molecule has 0 aliphatic carbocycles. The van der Waals surface area contributed by atoms with Crippen molar-refractivity contribution in [1.29, 1.82) is 0 Å². The number of benzene rings is 1. The first-order valence-electron chi connectivity index (χ1n) is 5.80. The van der Waals surface area contributed by atoms with Crippen molar-refractivity contribution in [3.05, 3.63) is 35.8 Å². The highest BCUT2D eigenvalue weighted by atomic mass is 19.1. The van der Waals surface area contributed by atoms with Crippen molar-refractivity contribution in [2.45, 2.75) is 33.2 Å². The monoisotopic (exact) mass is 235 g/mol. The molecule has 1 heterocycles. The summed E-state index contributed by atoms with van der Waals surface area (Å²) in [7, 11) is 0. The number of hydrogen-bond acceptors (Lipinski definition) is 2. The van der Waals surface area contributed by atoms with Crippen molar-refractivity contribution >= 4 is 11.0 Å². The van der Waals surface area contributed by atoms with E-state index in [0.29, 0.717) is 11.3 Å². The molecule has 0 bridgehead atoms. The maximum absolute atomic E-state index is 13.5. The van der Waals surface area contributed by atoms with Gasteiger partial charge in [0.05, 0.1) is 6.04 Å². The van der Waals surface area contributed by atoms with Gasteiger partial charge < -0.3 is 10.2 Å². The largest absolute Gasteiger partial charge is 0.456 e. The zero-order valence-electron chi connectivity index (χ0n) is 10.5. The van der Waals surface area contributed by atoms with Gasteiger partial charge in [-0.15, -0.1) is 0 Å². The average Bonchev–Trinajstić information content (AvgIpc) is 2.60. The Kier molecular flexibility index (Phi) is 2.96. The molecule has 0 saturated heterocycles. The lowest BCUT2D eigenvalue weighted by molar-refractivity contribution is 0.320. The Hall–Kier alpha value is -1.35. The first-order chi connectivity index (χ1) is 7.87. The lowest BCUT2D eigenvalue weighted by atomic mass is 9.87. The van der Waals surface area contributed by atoms with Gasteiger partial charge in [0.2, 0.25) is 0 Å². The number of fused-ring (bicyclic) bond motifs is 1. The maximum atomic E-state index is 13.5. The molecule has 0 aliphatic heterocycles. The summed E-state index contributed by atoms with van der Waals surface area (Å²) in [5, 5.41) is 0.768. The van der Waals surface area contributed by atoms with E-state index in [-0.39, 0.29) is 17.3 Å². The molecule has 0 saturated carbocycles. The van der Waals surface area contributed by atoms with Crippen LogP contribution in [-0.4, -0.2) is 0 Å². The number of rotatable bonds is 2. The van der Waals surface area contributed by atoms with Gasteiger partial charge in [0.15, 0.2) is 11.4 Å². The van der Waals surface area contributed by atoms with E-state index < -0.39 is 0 Å². The topological polar surface area (TPSA) is 39.2 Å². The van der Waals surface area contributed by atoms with Crippen LogP contribution in [0.15, 0.2) is 28.7 Å². The van der Waals surface area contributed by atoms with E-state index in [1.165, 1.54) is 6.07 Å². The minimum absolute atomic E-state index is 0.122. The van der Waals surface area contributed by atoms with E-state index in [9.17, 15) is 4.39 Å². The molecule has 0 fully saturated rings. The molecule has 2 rings (SSSR count). The van der Waals surface area contributed by atoms with Crippen LogP contribution >= 0.6 is 0 Å². The summed E-state index contributed by atoms with van der Waals surface area (Å²) in [5.41, 5.74) is 6.50. The van der Waals surface area contributed by atoms with E-state index in [4.69, 9.17) is 10.2 Å². The molecule has 0 radical (unpaired) electrons. The van der Waals surface area contributed by atoms with Crippen molar-refractivity contribution in [2.24, 2.45) is 11.1 Å². The first-order valence-corrected chi connectivity index (χ1v) is 5.80. The lowest BCUT2D eigenvalue weighted by Crippen LogP contribution is -2.18. The van der Waals surface area contributed by atoms with Gasteiger partial charge in [-0.2, -0.15) is 0 Å². The van der Waals surface area contributed by atoms with Gasteiger partial charge in [0.1, 0.15) is 5.76 Å². The molecule has 0 aliphatic rings. The van der Waals surface area contributed by atoms with Crippen molar-refractivity contribution < 1.29 is 8.81 Å². The fourth-order valence-corrected chi connectivity index (χ4v) is 1.99. The molecule has 1 aromatic carbocycles. The minimum atomic E-state index is -0.336. The minimum Gasteiger partial charge on any atom is -0.456 e. The third kappa shape index (κ3) is 2.67. The molecule has 0 spiro atoms. The van der Waals surface area contributed by atoms with E-state index in [0.717, 1.165) is 11.8 Å². The molecule has 2 nitrogen and oxygen atoms in total. The number of para-hydroxylation sites is 1. The van der Waals surface area contributed by atoms with Crippen LogP contribution in [0, 0.1) is 11.2 Å². The normalized spacial score (nSPS) is 14.2. The number of nitrogens with two attached hydrogens (primary N) is 1. The van der Waals surface area contributed by atoms with Crippen LogP contribution in [-0.2, 0) is 0 Å². The molecule has 1 atom stereocenters. The van der Waals surface area contributed by atoms with E-state index in [2.05, 4.69) is 20.8 Å². The molecule has 2 aromatic rings. The average molecular weight is 235 g/mol. The van der Waals surface area contributed by atoms with Gasteiger partial charge in [-0.1, -0.05) is 32.9 Å². The van der Waals surface area contributed by atoms with E-state index in [1.54, 1.807) is 6.07 Å². The van der Waals surface area contributed by atoms with Gasteiger partial charge in [0.25, 0.3) is 0 Å². The molecule has 0 amide bonds. The maximum Gasteiger partial charge on any atom is 0.169 e. The molecular formula is C14H18FNO. The smallest absolute Gasteiger partial charge is 0.169 e. The summed E-state index contributed by atoms with van der Waals surface area (Å²) in [6.45, 7) is 6.36. The predicted octanol–water partition coefficient (Wildman–Crippen LogP) is 4.01. The van der Waals surface area contributed by atoms with Crippen LogP contribution in [0.25, 0.3) is 11.0 Å². The van der Waals surface area contributed by atoms with Crippen LogP contribution < -0.4 is 5.73 Å². The third-order valence-electron chi connectivity index (χ3n) is 2.71. The Bertz CT molecular complexity index is 524. The fraction of sp³-hybridized carbons (Fsp3) is 0.429. The Morgan fingerprint density at radius 1 is 1.35 bits per heavy atom. The summed E-state index contributed by atoms with van der Waals surface area (Å²) < 4.78 is 19.0. The lowest BCUT2D eigenvalue weighted by Gasteiger charge is -2.21. The van der Waals surface area contributed by atoms with E-state index in [1.807, 2.05) is 12.1 Å². The summed E-state index contributed by atoms with van der Waals surface area (Å²) in [6.07, 6.45) is 0.800. The summed E-state index contributed by atoms with van der Waals surface area (Å²) in [4.78, 5) is 0. The SMILES string of the molecule is CC(C)(C)CC(N)c1cc2cccc(F)c2o1. The van der Waals surface area contributed by atoms with Gasteiger partial charge in [-0.25, -0.2) is 4.39 Å². The molecule has 1 unspecified atom stereocenters. The number of halogens is 1. The van der Waals surface area contributed by atoms with Crippen molar-refractivity contribution in [1.82, 2.24) is 0 Å². The molecular weight excluding hydrogens is 217 g/mol. The van der Waals surface area contributed by atoms with Gasteiger partial charge >= 0.3 is 0 Å². The van der Waals surface area contributed by atoms with Crippen molar-refractivity contribution in [3.63, 3.8) is 0 Å². The van der Waals surface area contributed by atoms with E-state index >= 15 is 0 Å². The standard InChI is InChI=1S/C14H18FNO/c1-14(2,3)8-11(16)12-7-9-5-4-6-10(15)13(9)17-12/h4-7,11H,8,16H2,1-3H3. The van der Waals surface area contributed by atoms with Gasteiger partial charge in [0, 0.05) is 5.39 Å². The van der Waals surface area contributed by atoms with Crippen LogP contribution in [0.3, 0.4) is 0 Å². The van der Waals surface area contributed by atoms with Crippen LogP contribution in [0.1, 0.15) is 39.0 Å². The van der Waals surface area contributed by atoms with Crippen LogP contribution in [0.2, 0.25) is 0 Å². The predicted molar refractivity (Wildman–Crippen MR) is 67.2 cm³/mol. The van der Waals surface area contributed by atoms with Crippen molar-refractivity contribution in [3.8, 4) is 0 Å². The zero-order valence-corrected chi connectivity index (χ0v) is 10.5. The highest BCUT2D eigenvalue weighted by molar-refractivity contribution is 5.78. The van der Waals surface area contributed by atoms with Gasteiger partial charge in [-0.3, -0.25) is 0 Å². The Morgan fingerprint density at radius 3 is 2.65 bits per heavy atom. The highest BCUT2D eigenvalue weighted by Gasteiger charge is 2.20. The fourth-order valence-electron chi connectivity index (χ4n) is 1.99. The number of hydrogen-bond donors (Lipinski definition) is 1. The molecule has 1 aromatic heterocycles. The second-order valence-corrected chi connectivity index (χ2v) is 5.68. The molecule has 17 heavy (non-hydrogen) atoms. The second-order valence-electron chi connectivity index (χ2n) is 5.68. The highest BCUT2D eigenvalue weighted by Crippen LogP contribution is 2.31. The third-order valence-corrected chi connectivity index (χ3v) is 2.71. The Morgan fingerprint density at radius 2 is 2.06 bits per heavy atom. The first kappa shape index (κ1) is 12.1. The quantitative estimate of drug-likeness (QED) is 0.854. The van der Waals surface area contributed by atoms with Crippen LogP contribution in [0.5, 0.6) is 0 Å². The molecule has 3 heteroatoms. The number of furan rings is 1. The van der Waals surface area contributed by atoms with Gasteiger partial charge in [-0.05, 0) is 24.0 Å². The summed E-state index contributed by atoms with van der Waals surface area (Å²) >= 11 is 0. The van der Waals surface area contributed by atoms with Crippen molar-refractivity contribution in [2.75, 3.05) is 0 Å². The Labute approximate surface area is 101 Å².